The van der Waals surface area contributed by atoms with Crippen molar-refractivity contribution in [1.82, 2.24) is 9.55 Å². The van der Waals surface area contributed by atoms with Crippen LogP contribution in [0.4, 0.5) is 5.13 Å². The second kappa shape index (κ2) is 6.66. The Bertz CT molecular complexity index is 1080. The minimum Gasteiger partial charge on any atom is -0.347 e. The fourth-order valence-corrected chi connectivity index (χ4v) is 5.63. The first-order valence-corrected chi connectivity index (χ1v) is 10.6. The van der Waals surface area contributed by atoms with Crippen LogP contribution in [0.2, 0.25) is 10.0 Å². The Balaban J connectivity index is 1.44. The van der Waals surface area contributed by atoms with E-state index in [0.29, 0.717) is 21.9 Å². The van der Waals surface area contributed by atoms with Gasteiger partial charge in [-0.15, -0.1) is 11.3 Å². The van der Waals surface area contributed by atoms with Gasteiger partial charge < -0.3 is 9.47 Å². The standard InChI is InChI=1S/C20H17Cl2N3OS/c21-14-4-5-15(16(22)7-14)17-11-27-20(23-17)24-8-12-6-13(10-24)18-2-1-3-19(26)25(18)9-12/h1-5,7,11-13H,6,8-10H2/t12-,13+/m1/s1. The van der Waals surface area contributed by atoms with Crippen molar-refractivity contribution in [2.45, 2.75) is 18.9 Å². The van der Waals surface area contributed by atoms with E-state index in [1.54, 1.807) is 23.5 Å². The zero-order valence-electron chi connectivity index (χ0n) is 14.4. The van der Waals surface area contributed by atoms with E-state index in [2.05, 4.69) is 11.0 Å². The summed E-state index contributed by atoms with van der Waals surface area (Å²) in [4.78, 5) is 19.4. The van der Waals surface area contributed by atoms with Crippen LogP contribution in [0.3, 0.4) is 0 Å². The van der Waals surface area contributed by atoms with Crippen LogP contribution < -0.4 is 10.5 Å². The molecule has 0 spiro atoms. The fraction of sp³-hybridized carbons (Fsp3) is 0.300. The predicted molar refractivity (Wildman–Crippen MR) is 111 cm³/mol. The van der Waals surface area contributed by atoms with Crippen LogP contribution in [-0.2, 0) is 6.54 Å². The number of rotatable bonds is 2. The Hall–Kier alpha value is -1.82. The van der Waals surface area contributed by atoms with Crippen LogP contribution in [0.25, 0.3) is 11.3 Å². The highest BCUT2D eigenvalue weighted by atomic mass is 35.5. The summed E-state index contributed by atoms with van der Waals surface area (Å²) in [6.45, 7) is 2.61. The summed E-state index contributed by atoms with van der Waals surface area (Å²) < 4.78 is 1.96. The first-order chi connectivity index (χ1) is 13.1. The maximum atomic E-state index is 12.2. The van der Waals surface area contributed by atoms with Gasteiger partial charge in [0.05, 0.1) is 10.7 Å². The van der Waals surface area contributed by atoms with E-state index in [-0.39, 0.29) is 5.56 Å². The molecule has 4 heterocycles. The molecule has 1 aromatic carbocycles. The average Bonchev–Trinajstić information content (AvgIpc) is 3.12. The highest BCUT2D eigenvalue weighted by Gasteiger charge is 2.35. The van der Waals surface area contributed by atoms with Gasteiger partial charge in [-0.2, -0.15) is 0 Å². The molecular weight excluding hydrogens is 401 g/mol. The van der Waals surface area contributed by atoms with Crippen molar-refractivity contribution in [3.63, 3.8) is 0 Å². The van der Waals surface area contributed by atoms with Crippen LogP contribution in [-0.4, -0.2) is 22.6 Å². The number of pyridine rings is 1. The van der Waals surface area contributed by atoms with Gasteiger partial charge in [0.25, 0.3) is 5.56 Å². The van der Waals surface area contributed by atoms with Crippen molar-refractivity contribution in [3.8, 4) is 11.3 Å². The molecule has 1 saturated heterocycles. The lowest BCUT2D eigenvalue weighted by atomic mass is 9.83. The molecule has 0 amide bonds. The smallest absolute Gasteiger partial charge is 0.250 e. The number of piperidine rings is 1. The van der Waals surface area contributed by atoms with Gasteiger partial charge in [-0.3, -0.25) is 4.79 Å². The van der Waals surface area contributed by atoms with Gasteiger partial charge >= 0.3 is 0 Å². The lowest BCUT2D eigenvalue weighted by Crippen LogP contribution is -2.47. The molecule has 2 aliphatic heterocycles. The van der Waals surface area contributed by atoms with Crippen LogP contribution in [0.5, 0.6) is 0 Å². The lowest BCUT2D eigenvalue weighted by molar-refractivity contribution is 0.281. The Kier molecular flexibility index (Phi) is 4.26. The second-order valence-corrected chi connectivity index (χ2v) is 8.92. The summed E-state index contributed by atoms with van der Waals surface area (Å²) in [6.07, 6.45) is 1.14. The summed E-state index contributed by atoms with van der Waals surface area (Å²) in [7, 11) is 0. The van der Waals surface area contributed by atoms with E-state index in [1.165, 1.54) is 0 Å². The molecule has 7 heteroatoms. The molecular formula is C20H17Cl2N3OS. The lowest BCUT2D eigenvalue weighted by Gasteiger charge is -2.42. The predicted octanol–water partition coefficient (Wildman–Crippen LogP) is 4.90. The number of hydrogen-bond acceptors (Lipinski definition) is 4. The van der Waals surface area contributed by atoms with Gasteiger partial charge in [-0.05, 0) is 36.6 Å². The highest BCUT2D eigenvalue weighted by molar-refractivity contribution is 7.14. The number of aromatic nitrogens is 2. The van der Waals surface area contributed by atoms with E-state index in [9.17, 15) is 4.79 Å². The van der Waals surface area contributed by atoms with Crippen molar-refractivity contribution in [2.24, 2.45) is 5.92 Å². The molecule has 0 saturated carbocycles. The molecule has 2 atom stereocenters. The van der Waals surface area contributed by atoms with Crippen molar-refractivity contribution < 1.29 is 0 Å². The summed E-state index contributed by atoms with van der Waals surface area (Å²) in [5, 5.41) is 4.30. The number of hydrogen-bond donors (Lipinski definition) is 0. The maximum absolute atomic E-state index is 12.2. The van der Waals surface area contributed by atoms with Gasteiger partial charge in [0.15, 0.2) is 5.13 Å². The highest BCUT2D eigenvalue weighted by Crippen LogP contribution is 2.39. The maximum Gasteiger partial charge on any atom is 0.250 e. The molecule has 0 aliphatic carbocycles. The normalized spacial score (nSPS) is 21.2. The molecule has 2 bridgehead atoms. The molecule has 0 N–H and O–H groups in total. The van der Waals surface area contributed by atoms with E-state index in [4.69, 9.17) is 28.2 Å². The molecule has 3 aromatic rings. The van der Waals surface area contributed by atoms with Crippen molar-refractivity contribution >= 4 is 39.7 Å². The third kappa shape index (κ3) is 3.08. The first-order valence-electron chi connectivity index (χ1n) is 8.94. The van der Waals surface area contributed by atoms with Gasteiger partial charge in [0.1, 0.15) is 0 Å². The van der Waals surface area contributed by atoms with E-state index >= 15 is 0 Å². The molecule has 2 aliphatic rings. The number of anilines is 1. The minimum atomic E-state index is 0.115. The molecule has 27 heavy (non-hydrogen) atoms. The number of nitrogens with zero attached hydrogens (tertiary/aromatic N) is 3. The summed E-state index contributed by atoms with van der Waals surface area (Å²) >= 11 is 14.0. The van der Waals surface area contributed by atoms with Gasteiger partial charge in [0.2, 0.25) is 0 Å². The van der Waals surface area contributed by atoms with Crippen molar-refractivity contribution in [2.75, 3.05) is 18.0 Å². The van der Waals surface area contributed by atoms with E-state index in [1.807, 2.05) is 28.1 Å². The van der Waals surface area contributed by atoms with Crippen LogP contribution in [0, 0.1) is 5.92 Å². The largest absolute Gasteiger partial charge is 0.347 e. The van der Waals surface area contributed by atoms with Crippen LogP contribution in [0.15, 0.2) is 46.6 Å². The van der Waals surface area contributed by atoms with Crippen LogP contribution >= 0.6 is 34.5 Å². The fourth-order valence-electron chi connectivity index (χ4n) is 4.28. The zero-order chi connectivity index (χ0) is 18.5. The SMILES string of the molecule is O=c1cccc2n1C[C@@H]1C[C@H]2CN(c2nc(-c3ccc(Cl)cc3Cl)cs2)C1. The summed E-state index contributed by atoms with van der Waals surface area (Å²) in [5.41, 5.74) is 3.05. The Morgan fingerprint density at radius 3 is 2.85 bits per heavy atom. The van der Waals surface area contributed by atoms with Crippen LogP contribution in [0.1, 0.15) is 18.0 Å². The number of halogens is 2. The Morgan fingerprint density at radius 1 is 1.11 bits per heavy atom. The summed E-state index contributed by atoms with van der Waals surface area (Å²) in [5.74, 6) is 0.848. The number of thiazole rings is 1. The molecule has 2 aromatic heterocycles. The van der Waals surface area contributed by atoms with Gasteiger partial charge in [-0.1, -0.05) is 29.3 Å². The Labute approximate surface area is 171 Å². The van der Waals surface area contributed by atoms with E-state index in [0.717, 1.165) is 48.1 Å². The Morgan fingerprint density at radius 2 is 2.00 bits per heavy atom. The molecule has 5 rings (SSSR count). The molecule has 4 nitrogen and oxygen atoms in total. The van der Waals surface area contributed by atoms with Gasteiger partial charge in [0, 0.05) is 53.3 Å². The third-order valence-electron chi connectivity index (χ3n) is 5.45. The first kappa shape index (κ1) is 17.3. The summed E-state index contributed by atoms with van der Waals surface area (Å²) in [6, 6.07) is 11.1. The average molecular weight is 418 g/mol. The monoisotopic (exact) mass is 417 g/mol. The van der Waals surface area contributed by atoms with Crippen molar-refractivity contribution in [1.29, 1.82) is 0 Å². The topological polar surface area (TPSA) is 38.1 Å². The zero-order valence-corrected chi connectivity index (χ0v) is 16.8. The van der Waals surface area contributed by atoms with Gasteiger partial charge in [-0.25, -0.2) is 4.98 Å². The molecule has 0 radical (unpaired) electrons. The third-order valence-corrected chi connectivity index (χ3v) is 6.90. The quantitative estimate of drug-likeness (QED) is 0.594. The second-order valence-electron chi connectivity index (χ2n) is 7.24. The molecule has 138 valence electrons. The molecule has 1 fully saturated rings. The minimum absolute atomic E-state index is 0.115. The van der Waals surface area contributed by atoms with Crippen molar-refractivity contribution in [3.05, 3.63) is 67.9 Å². The van der Waals surface area contributed by atoms with E-state index < -0.39 is 0 Å². The molecule has 0 unspecified atom stereocenters. The number of fused-ring (bicyclic) bond motifs is 4. The number of benzene rings is 1.